The summed E-state index contributed by atoms with van der Waals surface area (Å²) >= 11 is 0. The Kier molecular flexibility index (Phi) is 2.95. The molecule has 4 heteroatoms. The molecule has 0 atom stereocenters. The number of anilines is 1. The number of carbonyl (C=O) groups excluding carboxylic acids is 1. The number of pyridine rings is 1. The van der Waals surface area contributed by atoms with Crippen molar-refractivity contribution in [2.24, 2.45) is 0 Å². The Morgan fingerprint density at radius 2 is 2.06 bits per heavy atom. The average molecular weight is 244 g/mol. The third kappa shape index (κ3) is 2.59. The van der Waals surface area contributed by atoms with Gasteiger partial charge in [-0.1, -0.05) is 12.1 Å². The minimum atomic E-state index is -0.524. The molecule has 0 aliphatic rings. The quantitative estimate of drug-likeness (QED) is 0.618. The number of nitrogen functional groups attached to an aromatic ring is 1. The standard InChI is InChI=1S/C14H16N2O2/c1-14(2,3)18-13(17)12-7-9-5-4-6-11(15)10(9)8-16-12/h4-8H,15H2,1-3H3. The minimum absolute atomic E-state index is 0.294. The summed E-state index contributed by atoms with van der Waals surface area (Å²) in [7, 11) is 0. The van der Waals surface area contributed by atoms with Gasteiger partial charge in [0.2, 0.25) is 0 Å². The van der Waals surface area contributed by atoms with E-state index < -0.39 is 11.6 Å². The van der Waals surface area contributed by atoms with Crippen LogP contribution in [0.1, 0.15) is 31.3 Å². The lowest BCUT2D eigenvalue weighted by molar-refractivity contribution is 0.00631. The molecule has 0 amide bonds. The minimum Gasteiger partial charge on any atom is -0.455 e. The molecular weight excluding hydrogens is 228 g/mol. The van der Waals surface area contributed by atoms with Crippen molar-refractivity contribution in [2.75, 3.05) is 5.73 Å². The van der Waals surface area contributed by atoms with Crippen LogP contribution in [0.5, 0.6) is 0 Å². The predicted octanol–water partition coefficient (Wildman–Crippen LogP) is 2.77. The molecule has 2 N–H and O–H groups in total. The number of aromatic nitrogens is 1. The van der Waals surface area contributed by atoms with Gasteiger partial charge in [0.1, 0.15) is 11.3 Å². The molecule has 2 aromatic rings. The van der Waals surface area contributed by atoms with Gasteiger partial charge in [-0.15, -0.1) is 0 Å². The molecule has 4 nitrogen and oxygen atoms in total. The number of fused-ring (bicyclic) bond motifs is 1. The van der Waals surface area contributed by atoms with Gasteiger partial charge in [-0.25, -0.2) is 9.78 Å². The van der Waals surface area contributed by atoms with Crippen LogP contribution < -0.4 is 5.73 Å². The number of hydrogen-bond acceptors (Lipinski definition) is 4. The lowest BCUT2D eigenvalue weighted by Gasteiger charge is -2.19. The lowest BCUT2D eigenvalue weighted by Crippen LogP contribution is -2.24. The van der Waals surface area contributed by atoms with Crippen LogP contribution in [0.25, 0.3) is 10.8 Å². The zero-order chi connectivity index (χ0) is 13.3. The zero-order valence-corrected chi connectivity index (χ0v) is 10.7. The summed E-state index contributed by atoms with van der Waals surface area (Å²) in [6, 6.07) is 7.23. The van der Waals surface area contributed by atoms with Crippen LogP contribution >= 0.6 is 0 Å². The van der Waals surface area contributed by atoms with Gasteiger partial charge in [0, 0.05) is 17.3 Å². The summed E-state index contributed by atoms with van der Waals surface area (Å²) in [5.74, 6) is -0.424. The normalized spacial score (nSPS) is 11.5. The number of esters is 1. The van der Waals surface area contributed by atoms with Crippen molar-refractivity contribution in [3.05, 3.63) is 36.2 Å². The number of rotatable bonds is 1. The Labute approximate surface area is 106 Å². The van der Waals surface area contributed by atoms with E-state index in [0.29, 0.717) is 11.4 Å². The summed E-state index contributed by atoms with van der Waals surface area (Å²) < 4.78 is 5.27. The summed E-state index contributed by atoms with van der Waals surface area (Å²) in [5.41, 5.74) is 6.25. The van der Waals surface area contributed by atoms with Gasteiger partial charge in [-0.2, -0.15) is 0 Å². The van der Waals surface area contributed by atoms with Gasteiger partial charge in [0.25, 0.3) is 0 Å². The van der Waals surface area contributed by atoms with E-state index in [-0.39, 0.29) is 0 Å². The second kappa shape index (κ2) is 4.29. The van der Waals surface area contributed by atoms with E-state index in [1.165, 1.54) is 0 Å². The second-order valence-electron chi connectivity index (χ2n) is 5.14. The Bertz CT molecular complexity index is 600. The van der Waals surface area contributed by atoms with E-state index >= 15 is 0 Å². The van der Waals surface area contributed by atoms with Crippen LogP contribution in [0, 0.1) is 0 Å². The Hall–Kier alpha value is -2.10. The lowest BCUT2D eigenvalue weighted by atomic mass is 10.1. The predicted molar refractivity (Wildman–Crippen MR) is 71.3 cm³/mol. The van der Waals surface area contributed by atoms with Crippen LogP contribution in [-0.2, 0) is 4.74 Å². The zero-order valence-electron chi connectivity index (χ0n) is 10.7. The third-order valence-corrected chi connectivity index (χ3v) is 2.41. The van der Waals surface area contributed by atoms with E-state index in [4.69, 9.17) is 10.5 Å². The van der Waals surface area contributed by atoms with Gasteiger partial charge in [0.05, 0.1) is 0 Å². The molecule has 2 rings (SSSR count). The smallest absolute Gasteiger partial charge is 0.357 e. The molecule has 0 bridgehead atoms. The fraction of sp³-hybridized carbons (Fsp3) is 0.286. The molecule has 0 radical (unpaired) electrons. The molecule has 0 saturated carbocycles. The Balaban J connectivity index is 2.39. The number of nitrogens with two attached hydrogens (primary N) is 1. The summed E-state index contributed by atoms with van der Waals surface area (Å²) in [4.78, 5) is 16.0. The Morgan fingerprint density at radius 1 is 1.33 bits per heavy atom. The molecular formula is C14H16N2O2. The first-order valence-electron chi connectivity index (χ1n) is 5.74. The van der Waals surface area contributed by atoms with Crippen molar-refractivity contribution in [1.82, 2.24) is 4.98 Å². The molecule has 0 fully saturated rings. The molecule has 0 aliphatic carbocycles. The first-order chi connectivity index (χ1) is 8.37. The van der Waals surface area contributed by atoms with E-state index in [9.17, 15) is 4.79 Å². The third-order valence-electron chi connectivity index (χ3n) is 2.41. The van der Waals surface area contributed by atoms with Gasteiger partial charge in [0.15, 0.2) is 0 Å². The van der Waals surface area contributed by atoms with Crippen molar-refractivity contribution in [3.8, 4) is 0 Å². The fourth-order valence-electron chi connectivity index (χ4n) is 1.64. The van der Waals surface area contributed by atoms with Gasteiger partial charge in [-0.3, -0.25) is 0 Å². The van der Waals surface area contributed by atoms with Crippen LogP contribution in [0.3, 0.4) is 0 Å². The van der Waals surface area contributed by atoms with Gasteiger partial charge in [-0.05, 0) is 38.3 Å². The molecule has 1 heterocycles. The van der Waals surface area contributed by atoms with E-state index in [0.717, 1.165) is 10.8 Å². The topological polar surface area (TPSA) is 65.2 Å². The highest BCUT2D eigenvalue weighted by Gasteiger charge is 2.19. The van der Waals surface area contributed by atoms with Gasteiger partial charge >= 0.3 is 5.97 Å². The highest BCUT2D eigenvalue weighted by molar-refractivity contribution is 5.97. The van der Waals surface area contributed by atoms with Gasteiger partial charge < -0.3 is 10.5 Å². The largest absolute Gasteiger partial charge is 0.455 e. The first kappa shape index (κ1) is 12.4. The number of nitrogens with zero attached hydrogens (tertiary/aromatic N) is 1. The van der Waals surface area contributed by atoms with Crippen molar-refractivity contribution < 1.29 is 9.53 Å². The Morgan fingerprint density at radius 3 is 2.72 bits per heavy atom. The molecule has 0 aliphatic heterocycles. The molecule has 0 saturated heterocycles. The maximum absolute atomic E-state index is 11.9. The van der Waals surface area contributed by atoms with Crippen LogP contribution in [0.4, 0.5) is 5.69 Å². The van der Waals surface area contributed by atoms with Crippen LogP contribution in [0.2, 0.25) is 0 Å². The van der Waals surface area contributed by atoms with Crippen LogP contribution in [0.15, 0.2) is 30.5 Å². The molecule has 1 aromatic carbocycles. The highest BCUT2D eigenvalue weighted by Crippen LogP contribution is 2.21. The van der Waals surface area contributed by atoms with E-state index in [2.05, 4.69) is 4.98 Å². The number of carbonyl (C=O) groups is 1. The average Bonchev–Trinajstić information content (AvgIpc) is 2.26. The summed E-state index contributed by atoms with van der Waals surface area (Å²) in [6.45, 7) is 5.47. The van der Waals surface area contributed by atoms with Crippen molar-refractivity contribution in [1.29, 1.82) is 0 Å². The van der Waals surface area contributed by atoms with Crippen LogP contribution in [-0.4, -0.2) is 16.6 Å². The SMILES string of the molecule is CC(C)(C)OC(=O)c1cc2cccc(N)c2cn1. The number of benzene rings is 1. The maximum Gasteiger partial charge on any atom is 0.357 e. The molecule has 94 valence electrons. The fourth-order valence-corrected chi connectivity index (χ4v) is 1.64. The molecule has 0 unspecified atom stereocenters. The van der Waals surface area contributed by atoms with E-state index in [1.807, 2.05) is 32.9 Å². The van der Waals surface area contributed by atoms with E-state index in [1.54, 1.807) is 18.3 Å². The van der Waals surface area contributed by atoms with Crippen molar-refractivity contribution in [3.63, 3.8) is 0 Å². The molecule has 1 aromatic heterocycles. The molecule has 18 heavy (non-hydrogen) atoms. The monoisotopic (exact) mass is 244 g/mol. The summed E-state index contributed by atoms with van der Waals surface area (Å²) in [6.07, 6.45) is 1.60. The van der Waals surface area contributed by atoms with Crippen molar-refractivity contribution in [2.45, 2.75) is 26.4 Å². The second-order valence-corrected chi connectivity index (χ2v) is 5.14. The number of hydrogen-bond donors (Lipinski definition) is 1. The molecule has 0 spiro atoms. The highest BCUT2D eigenvalue weighted by atomic mass is 16.6. The van der Waals surface area contributed by atoms with Crippen molar-refractivity contribution >= 4 is 22.4 Å². The summed E-state index contributed by atoms with van der Waals surface area (Å²) in [5, 5.41) is 1.72. The number of ether oxygens (including phenoxy) is 1. The maximum atomic E-state index is 11.9. The first-order valence-corrected chi connectivity index (χ1v) is 5.74.